The average molecular weight is 213 g/mol. The standard InChI is InChI=1S/C11H13F2NO/c1-14(2)10(15)7-6-8-4-3-5-9(12)11(8)13/h3-5H,6-7H2,1-2H3. The fourth-order valence-electron chi connectivity index (χ4n) is 1.21. The number of hydrogen-bond donors (Lipinski definition) is 0. The van der Waals surface area contributed by atoms with Gasteiger partial charge in [0.25, 0.3) is 0 Å². The molecule has 0 heterocycles. The van der Waals surface area contributed by atoms with Gasteiger partial charge in [-0.3, -0.25) is 4.79 Å². The summed E-state index contributed by atoms with van der Waals surface area (Å²) in [6, 6.07) is 3.99. The van der Waals surface area contributed by atoms with Crippen LogP contribution in [0.1, 0.15) is 12.0 Å². The fourth-order valence-corrected chi connectivity index (χ4v) is 1.21. The Morgan fingerprint density at radius 1 is 1.33 bits per heavy atom. The number of carbonyl (C=O) groups excluding carboxylic acids is 1. The topological polar surface area (TPSA) is 20.3 Å². The lowest BCUT2D eigenvalue weighted by Gasteiger charge is -2.10. The molecule has 0 spiro atoms. The lowest BCUT2D eigenvalue weighted by atomic mass is 10.1. The minimum atomic E-state index is -0.871. The maximum absolute atomic E-state index is 13.2. The van der Waals surface area contributed by atoms with Crippen LogP contribution in [0.15, 0.2) is 18.2 Å². The molecular weight excluding hydrogens is 200 g/mol. The molecule has 0 aliphatic carbocycles. The highest BCUT2D eigenvalue weighted by Crippen LogP contribution is 2.13. The van der Waals surface area contributed by atoms with E-state index in [9.17, 15) is 13.6 Å². The Morgan fingerprint density at radius 3 is 2.60 bits per heavy atom. The lowest BCUT2D eigenvalue weighted by Crippen LogP contribution is -2.22. The number of carbonyl (C=O) groups is 1. The third-order valence-corrected chi connectivity index (χ3v) is 2.14. The zero-order valence-electron chi connectivity index (χ0n) is 8.76. The summed E-state index contributed by atoms with van der Waals surface area (Å²) in [4.78, 5) is 12.6. The first-order chi connectivity index (χ1) is 7.02. The third kappa shape index (κ3) is 3.01. The fraction of sp³-hybridized carbons (Fsp3) is 0.364. The van der Waals surface area contributed by atoms with Crippen molar-refractivity contribution < 1.29 is 13.6 Å². The molecule has 15 heavy (non-hydrogen) atoms. The van der Waals surface area contributed by atoms with E-state index in [1.54, 1.807) is 14.1 Å². The second kappa shape index (κ2) is 4.87. The molecule has 82 valence electrons. The molecule has 4 heteroatoms. The number of nitrogens with zero attached hydrogens (tertiary/aromatic N) is 1. The van der Waals surface area contributed by atoms with E-state index in [4.69, 9.17) is 0 Å². The van der Waals surface area contributed by atoms with Gasteiger partial charge in [0, 0.05) is 20.5 Å². The SMILES string of the molecule is CN(C)C(=O)CCc1cccc(F)c1F. The molecular formula is C11H13F2NO. The number of hydrogen-bond acceptors (Lipinski definition) is 1. The lowest BCUT2D eigenvalue weighted by molar-refractivity contribution is -0.128. The smallest absolute Gasteiger partial charge is 0.222 e. The Kier molecular flexibility index (Phi) is 3.77. The van der Waals surface area contributed by atoms with Crippen LogP contribution in [-0.2, 0) is 11.2 Å². The van der Waals surface area contributed by atoms with Crippen LogP contribution in [0, 0.1) is 11.6 Å². The van der Waals surface area contributed by atoms with Crippen LogP contribution in [0.5, 0.6) is 0 Å². The summed E-state index contributed by atoms with van der Waals surface area (Å²) in [5.74, 6) is -1.83. The van der Waals surface area contributed by atoms with E-state index in [-0.39, 0.29) is 24.3 Å². The summed E-state index contributed by atoms with van der Waals surface area (Å²) >= 11 is 0. The van der Waals surface area contributed by atoms with Gasteiger partial charge in [-0.25, -0.2) is 8.78 Å². The Bertz CT molecular complexity index is 364. The number of halogens is 2. The molecule has 0 aromatic heterocycles. The molecule has 0 fully saturated rings. The maximum atomic E-state index is 13.2. The van der Waals surface area contributed by atoms with Crippen molar-refractivity contribution in [2.24, 2.45) is 0 Å². The Balaban J connectivity index is 2.66. The van der Waals surface area contributed by atoms with E-state index in [0.29, 0.717) is 0 Å². The van der Waals surface area contributed by atoms with Gasteiger partial charge in [-0.1, -0.05) is 12.1 Å². The predicted octanol–water partition coefficient (Wildman–Crippen LogP) is 1.99. The Labute approximate surface area is 87.5 Å². The van der Waals surface area contributed by atoms with E-state index < -0.39 is 11.6 Å². The third-order valence-electron chi connectivity index (χ3n) is 2.14. The molecule has 1 rings (SSSR count). The van der Waals surface area contributed by atoms with Gasteiger partial charge in [0.1, 0.15) is 0 Å². The van der Waals surface area contributed by atoms with Crippen LogP contribution >= 0.6 is 0 Å². The van der Waals surface area contributed by atoms with E-state index in [2.05, 4.69) is 0 Å². The molecule has 1 aromatic carbocycles. The molecule has 0 radical (unpaired) electrons. The molecule has 1 amide bonds. The molecule has 1 aromatic rings. The van der Waals surface area contributed by atoms with Crippen molar-refractivity contribution in [3.8, 4) is 0 Å². The molecule has 2 nitrogen and oxygen atoms in total. The second-order valence-corrected chi connectivity index (χ2v) is 3.50. The van der Waals surface area contributed by atoms with E-state index in [1.165, 1.54) is 17.0 Å². The summed E-state index contributed by atoms with van der Waals surface area (Å²) in [7, 11) is 3.26. The Hall–Kier alpha value is -1.45. The molecule has 0 unspecified atom stereocenters. The monoisotopic (exact) mass is 213 g/mol. The van der Waals surface area contributed by atoms with Gasteiger partial charge in [-0.2, -0.15) is 0 Å². The minimum Gasteiger partial charge on any atom is -0.349 e. The highest BCUT2D eigenvalue weighted by Gasteiger charge is 2.10. The molecule has 0 atom stereocenters. The maximum Gasteiger partial charge on any atom is 0.222 e. The average Bonchev–Trinajstić information content (AvgIpc) is 2.19. The van der Waals surface area contributed by atoms with Gasteiger partial charge < -0.3 is 4.90 Å². The van der Waals surface area contributed by atoms with E-state index in [0.717, 1.165) is 6.07 Å². The van der Waals surface area contributed by atoms with E-state index >= 15 is 0 Å². The summed E-state index contributed by atoms with van der Waals surface area (Å²) in [6.45, 7) is 0. The van der Waals surface area contributed by atoms with Crippen molar-refractivity contribution in [3.63, 3.8) is 0 Å². The summed E-state index contributed by atoms with van der Waals surface area (Å²) in [5.41, 5.74) is 0.241. The first kappa shape index (κ1) is 11.6. The van der Waals surface area contributed by atoms with Crippen molar-refractivity contribution >= 4 is 5.91 Å². The van der Waals surface area contributed by atoms with Crippen LogP contribution in [0.4, 0.5) is 8.78 Å². The molecule has 0 saturated heterocycles. The van der Waals surface area contributed by atoms with Crippen molar-refractivity contribution in [2.45, 2.75) is 12.8 Å². The summed E-state index contributed by atoms with van der Waals surface area (Å²) < 4.78 is 25.9. The molecule has 0 aliphatic heterocycles. The molecule has 0 aliphatic rings. The van der Waals surface area contributed by atoms with Gasteiger partial charge in [0.05, 0.1) is 0 Å². The van der Waals surface area contributed by atoms with Crippen molar-refractivity contribution in [1.82, 2.24) is 4.90 Å². The first-order valence-electron chi connectivity index (χ1n) is 4.65. The van der Waals surface area contributed by atoms with Crippen LogP contribution in [0.2, 0.25) is 0 Å². The van der Waals surface area contributed by atoms with Gasteiger partial charge in [-0.05, 0) is 18.1 Å². The molecule has 0 saturated carbocycles. The van der Waals surface area contributed by atoms with Crippen molar-refractivity contribution in [2.75, 3.05) is 14.1 Å². The van der Waals surface area contributed by atoms with E-state index in [1.807, 2.05) is 0 Å². The van der Waals surface area contributed by atoms with Crippen molar-refractivity contribution in [3.05, 3.63) is 35.4 Å². The number of amides is 1. The van der Waals surface area contributed by atoms with Gasteiger partial charge >= 0.3 is 0 Å². The number of aryl methyl sites for hydroxylation is 1. The summed E-state index contributed by atoms with van der Waals surface area (Å²) in [5, 5.41) is 0. The first-order valence-corrected chi connectivity index (χ1v) is 4.65. The highest BCUT2D eigenvalue weighted by atomic mass is 19.2. The number of rotatable bonds is 3. The largest absolute Gasteiger partial charge is 0.349 e. The highest BCUT2D eigenvalue weighted by molar-refractivity contribution is 5.75. The van der Waals surface area contributed by atoms with Crippen LogP contribution in [0.25, 0.3) is 0 Å². The second-order valence-electron chi connectivity index (χ2n) is 3.50. The zero-order chi connectivity index (χ0) is 11.4. The predicted molar refractivity (Wildman–Crippen MR) is 53.4 cm³/mol. The van der Waals surface area contributed by atoms with Crippen molar-refractivity contribution in [1.29, 1.82) is 0 Å². The van der Waals surface area contributed by atoms with Gasteiger partial charge in [0.2, 0.25) is 5.91 Å². The number of benzene rings is 1. The molecule has 0 bridgehead atoms. The van der Waals surface area contributed by atoms with Gasteiger partial charge in [0.15, 0.2) is 11.6 Å². The van der Waals surface area contributed by atoms with Gasteiger partial charge in [-0.15, -0.1) is 0 Å². The molecule has 0 N–H and O–H groups in total. The zero-order valence-corrected chi connectivity index (χ0v) is 8.76. The summed E-state index contributed by atoms with van der Waals surface area (Å²) in [6.07, 6.45) is 0.411. The minimum absolute atomic E-state index is 0.0985. The Morgan fingerprint density at radius 2 is 2.00 bits per heavy atom. The van der Waals surface area contributed by atoms with Crippen LogP contribution < -0.4 is 0 Å². The van der Waals surface area contributed by atoms with Crippen LogP contribution in [-0.4, -0.2) is 24.9 Å². The normalized spacial score (nSPS) is 10.1. The van der Waals surface area contributed by atoms with Crippen LogP contribution in [0.3, 0.4) is 0 Å². The quantitative estimate of drug-likeness (QED) is 0.751.